The van der Waals surface area contributed by atoms with Gasteiger partial charge in [-0.25, -0.2) is 8.78 Å². The quantitative estimate of drug-likeness (QED) is 0.892. The molecule has 2 aromatic carbocycles. The van der Waals surface area contributed by atoms with Gasteiger partial charge < -0.3 is 5.11 Å². The summed E-state index contributed by atoms with van der Waals surface area (Å²) in [5.74, 6) is 0.0372. The average Bonchev–Trinajstić information content (AvgIpc) is 3.04. The monoisotopic (exact) mass is 370 g/mol. The Kier molecular flexibility index (Phi) is 4.17. The highest BCUT2D eigenvalue weighted by Crippen LogP contribution is 2.47. The van der Waals surface area contributed by atoms with Gasteiger partial charge in [-0.1, -0.05) is 12.1 Å². The maximum absolute atomic E-state index is 13.9. The number of rotatable bonds is 3. The molecule has 2 aromatic rings. The van der Waals surface area contributed by atoms with Crippen LogP contribution in [0.15, 0.2) is 42.5 Å². The van der Waals surface area contributed by atoms with Gasteiger partial charge in [-0.3, -0.25) is 9.80 Å². The van der Waals surface area contributed by atoms with Crippen LogP contribution in [-0.2, 0) is 6.54 Å². The normalized spacial score (nSPS) is 32.6. The number of benzene rings is 2. The lowest BCUT2D eigenvalue weighted by Crippen LogP contribution is -2.59. The molecule has 3 nitrogen and oxygen atoms in total. The molecule has 6 rings (SSSR count). The molecule has 4 saturated heterocycles. The highest BCUT2D eigenvalue weighted by molar-refractivity contribution is 5.30. The van der Waals surface area contributed by atoms with Gasteiger partial charge in [-0.2, -0.15) is 0 Å². The molecule has 5 heteroatoms. The molecule has 4 aliphatic rings. The van der Waals surface area contributed by atoms with Crippen molar-refractivity contribution in [3.63, 3.8) is 0 Å². The number of phenolic OH excluding ortho intramolecular Hbond substituents is 1. The lowest BCUT2D eigenvalue weighted by molar-refractivity contribution is -0.00872. The summed E-state index contributed by atoms with van der Waals surface area (Å²) in [6, 6.07) is 12.1. The van der Waals surface area contributed by atoms with E-state index >= 15 is 0 Å². The number of nitrogens with zero attached hydrogens (tertiary/aromatic N) is 2. The molecular weight excluding hydrogens is 346 g/mol. The van der Waals surface area contributed by atoms with E-state index in [1.54, 1.807) is 6.07 Å². The number of likely N-dealkylation sites (tertiary alicyclic amines) is 1. The lowest BCUT2D eigenvalue weighted by Gasteiger charge is -2.51. The molecule has 0 amide bonds. The predicted molar refractivity (Wildman–Crippen MR) is 99.5 cm³/mol. The molecule has 0 unspecified atom stereocenters. The van der Waals surface area contributed by atoms with E-state index in [2.05, 4.69) is 9.80 Å². The maximum atomic E-state index is 13.9. The van der Waals surface area contributed by atoms with Crippen LogP contribution in [0.1, 0.15) is 29.9 Å². The molecule has 0 radical (unpaired) electrons. The zero-order valence-corrected chi connectivity index (χ0v) is 15.2. The summed E-state index contributed by atoms with van der Waals surface area (Å²) in [4.78, 5) is 5.00. The summed E-state index contributed by atoms with van der Waals surface area (Å²) in [7, 11) is 0. The molecule has 0 spiro atoms. The molecule has 27 heavy (non-hydrogen) atoms. The van der Waals surface area contributed by atoms with Gasteiger partial charge in [0.1, 0.15) is 17.4 Å². The van der Waals surface area contributed by atoms with E-state index in [0.29, 0.717) is 18.0 Å². The van der Waals surface area contributed by atoms with Crippen LogP contribution >= 0.6 is 0 Å². The molecule has 4 aliphatic heterocycles. The first kappa shape index (κ1) is 17.1. The van der Waals surface area contributed by atoms with Crippen molar-refractivity contribution >= 4 is 0 Å². The third-order valence-electron chi connectivity index (χ3n) is 6.70. The molecule has 2 bridgehead atoms. The Bertz CT molecular complexity index is 830. The zero-order chi connectivity index (χ0) is 18.5. The minimum atomic E-state index is -0.496. The Labute approximate surface area is 158 Å². The molecule has 142 valence electrons. The third kappa shape index (κ3) is 3.03. The highest BCUT2D eigenvalue weighted by atomic mass is 19.1. The largest absolute Gasteiger partial charge is 0.508 e. The Morgan fingerprint density at radius 3 is 2.41 bits per heavy atom. The first-order valence-corrected chi connectivity index (χ1v) is 9.80. The highest BCUT2D eigenvalue weighted by Gasteiger charge is 2.53. The maximum Gasteiger partial charge on any atom is 0.126 e. The summed E-state index contributed by atoms with van der Waals surface area (Å²) in [5.41, 5.74) is 1.85. The number of phenols is 1. The first-order valence-electron chi connectivity index (χ1n) is 9.80. The van der Waals surface area contributed by atoms with Crippen molar-refractivity contribution in [3.8, 4) is 5.75 Å². The molecule has 4 heterocycles. The minimum absolute atomic E-state index is 0.112. The fraction of sp³-hybridized carbons (Fsp3) is 0.455. The fourth-order valence-corrected chi connectivity index (χ4v) is 5.69. The van der Waals surface area contributed by atoms with Crippen LogP contribution in [0.4, 0.5) is 8.78 Å². The van der Waals surface area contributed by atoms with Gasteiger partial charge >= 0.3 is 0 Å². The number of aromatic hydroxyl groups is 1. The van der Waals surface area contributed by atoms with Gasteiger partial charge in [0.2, 0.25) is 0 Å². The van der Waals surface area contributed by atoms with Gasteiger partial charge in [0, 0.05) is 37.2 Å². The van der Waals surface area contributed by atoms with E-state index in [4.69, 9.17) is 0 Å². The van der Waals surface area contributed by atoms with Crippen molar-refractivity contribution in [3.05, 3.63) is 65.2 Å². The molecule has 4 fully saturated rings. The summed E-state index contributed by atoms with van der Waals surface area (Å²) in [5, 5.41) is 9.81. The molecule has 0 aliphatic carbocycles. The summed E-state index contributed by atoms with van der Waals surface area (Å²) in [6.07, 6.45) is 2.39. The van der Waals surface area contributed by atoms with Crippen molar-refractivity contribution < 1.29 is 13.9 Å². The van der Waals surface area contributed by atoms with E-state index in [1.165, 1.54) is 25.0 Å². The molecule has 1 N–H and O–H groups in total. The fourth-order valence-electron chi connectivity index (χ4n) is 5.69. The molecule has 0 saturated carbocycles. The SMILES string of the molecule is Oc1cccc(CN2C[C@H](c3cc(F)cc(F)c3)[C@@H]3[C@H]2C2CCN3CC2)c1. The number of hydrogen-bond acceptors (Lipinski definition) is 3. The Hall–Kier alpha value is -1.98. The van der Waals surface area contributed by atoms with Crippen LogP contribution in [0.5, 0.6) is 5.75 Å². The standard InChI is InChI=1S/C22H24F2N2O/c23-17-9-16(10-18(24)11-17)20-13-26(12-14-2-1-3-19(27)8-14)21-15-4-6-25(7-5-15)22(20)21/h1-3,8-11,15,20-22,27H,4-7,12-13H2/t20-,21-,22-/m1/s1. The van der Waals surface area contributed by atoms with Gasteiger partial charge in [0.25, 0.3) is 0 Å². The van der Waals surface area contributed by atoms with E-state index in [0.717, 1.165) is 43.4 Å². The van der Waals surface area contributed by atoms with Crippen molar-refractivity contribution in [1.29, 1.82) is 0 Å². The second-order valence-corrected chi connectivity index (χ2v) is 8.26. The van der Waals surface area contributed by atoms with Crippen LogP contribution in [0, 0.1) is 17.6 Å². The van der Waals surface area contributed by atoms with Gasteiger partial charge in [0.05, 0.1) is 0 Å². The Morgan fingerprint density at radius 2 is 1.70 bits per heavy atom. The second-order valence-electron chi connectivity index (χ2n) is 8.26. The van der Waals surface area contributed by atoms with E-state index in [-0.39, 0.29) is 11.7 Å². The molecule has 3 atom stereocenters. The minimum Gasteiger partial charge on any atom is -0.508 e. The Balaban J connectivity index is 1.49. The van der Waals surface area contributed by atoms with E-state index < -0.39 is 11.6 Å². The average molecular weight is 370 g/mol. The zero-order valence-electron chi connectivity index (χ0n) is 15.2. The number of hydrogen-bond donors (Lipinski definition) is 1. The van der Waals surface area contributed by atoms with Crippen LogP contribution in [0.25, 0.3) is 0 Å². The topological polar surface area (TPSA) is 26.7 Å². The van der Waals surface area contributed by atoms with Crippen molar-refractivity contribution in [1.82, 2.24) is 9.80 Å². The van der Waals surface area contributed by atoms with Gasteiger partial charge in [0.15, 0.2) is 0 Å². The van der Waals surface area contributed by atoms with Crippen molar-refractivity contribution in [2.75, 3.05) is 19.6 Å². The van der Waals surface area contributed by atoms with Crippen molar-refractivity contribution in [2.45, 2.75) is 37.4 Å². The van der Waals surface area contributed by atoms with Crippen LogP contribution < -0.4 is 0 Å². The van der Waals surface area contributed by atoms with E-state index in [9.17, 15) is 13.9 Å². The lowest BCUT2D eigenvalue weighted by atomic mass is 9.75. The summed E-state index contributed by atoms with van der Waals surface area (Å²) < 4.78 is 27.8. The first-order chi connectivity index (χ1) is 13.1. The molecular formula is C22H24F2N2O. The van der Waals surface area contributed by atoms with Crippen LogP contribution in [0.3, 0.4) is 0 Å². The number of fused-ring (bicyclic) bond motifs is 2. The van der Waals surface area contributed by atoms with Gasteiger partial charge in [-0.05, 0) is 67.2 Å². The second kappa shape index (κ2) is 6.57. The smallest absolute Gasteiger partial charge is 0.126 e. The Morgan fingerprint density at radius 1 is 0.963 bits per heavy atom. The summed E-state index contributed by atoms with van der Waals surface area (Å²) >= 11 is 0. The molecule has 0 aromatic heterocycles. The van der Waals surface area contributed by atoms with E-state index in [1.807, 2.05) is 18.2 Å². The number of halogens is 2. The van der Waals surface area contributed by atoms with Crippen LogP contribution in [-0.4, -0.2) is 46.6 Å². The predicted octanol–water partition coefficient (Wildman–Crippen LogP) is 3.73. The van der Waals surface area contributed by atoms with Crippen LogP contribution in [0.2, 0.25) is 0 Å². The third-order valence-corrected chi connectivity index (χ3v) is 6.70. The van der Waals surface area contributed by atoms with Gasteiger partial charge in [-0.15, -0.1) is 0 Å². The van der Waals surface area contributed by atoms with Crippen molar-refractivity contribution in [2.24, 2.45) is 5.92 Å². The summed E-state index contributed by atoms with van der Waals surface area (Å²) in [6.45, 7) is 3.72. The number of piperidine rings is 3.